The second-order valence-electron chi connectivity index (χ2n) is 5.01. The lowest BCUT2D eigenvalue weighted by molar-refractivity contribution is -0.102. The molecule has 0 saturated carbocycles. The maximum Gasteiger partial charge on any atom is 0.0939 e. The van der Waals surface area contributed by atoms with Crippen LogP contribution in [0.25, 0.3) is 0 Å². The quantitative estimate of drug-likeness (QED) is 0.739. The minimum absolute atomic E-state index is 0.0270. The van der Waals surface area contributed by atoms with E-state index in [2.05, 4.69) is 11.9 Å². The van der Waals surface area contributed by atoms with Crippen molar-refractivity contribution in [2.75, 3.05) is 26.9 Å². The first-order valence-corrected chi connectivity index (χ1v) is 6.29. The molecule has 1 spiro atoms. The molecule has 3 unspecified atom stereocenters. The molecule has 2 aliphatic heterocycles. The van der Waals surface area contributed by atoms with Gasteiger partial charge in [0.1, 0.15) is 0 Å². The molecule has 1 N–H and O–H groups in total. The number of hydrogen-bond acceptors (Lipinski definition) is 3. The summed E-state index contributed by atoms with van der Waals surface area (Å²) in [5.74, 6) is 0.693. The SMILES string of the molecule is C=CCC(NC)C1CCOC2(CCOC2)C1. The van der Waals surface area contributed by atoms with Crippen LogP contribution < -0.4 is 5.32 Å². The predicted molar refractivity (Wildman–Crippen MR) is 64.5 cm³/mol. The normalized spacial score (nSPS) is 36.4. The van der Waals surface area contributed by atoms with Gasteiger partial charge in [-0.25, -0.2) is 0 Å². The number of hydrogen-bond donors (Lipinski definition) is 1. The van der Waals surface area contributed by atoms with Crippen LogP contribution in [0.2, 0.25) is 0 Å². The summed E-state index contributed by atoms with van der Waals surface area (Å²) >= 11 is 0. The molecule has 92 valence electrons. The van der Waals surface area contributed by atoms with E-state index in [9.17, 15) is 0 Å². The molecular formula is C13H23NO2. The third-order valence-corrected chi connectivity index (χ3v) is 3.96. The highest BCUT2D eigenvalue weighted by Crippen LogP contribution is 2.37. The van der Waals surface area contributed by atoms with Gasteiger partial charge in [-0.2, -0.15) is 0 Å². The molecule has 2 heterocycles. The Bertz CT molecular complexity index is 236. The van der Waals surface area contributed by atoms with Crippen molar-refractivity contribution in [2.24, 2.45) is 5.92 Å². The molecule has 2 saturated heterocycles. The second kappa shape index (κ2) is 5.30. The molecule has 0 radical (unpaired) electrons. The fourth-order valence-electron chi connectivity index (χ4n) is 3.00. The first-order valence-electron chi connectivity index (χ1n) is 6.29. The number of nitrogens with one attached hydrogen (secondary N) is 1. The van der Waals surface area contributed by atoms with Gasteiger partial charge in [0.2, 0.25) is 0 Å². The molecule has 2 aliphatic rings. The molecule has 3 heteroatoms. The van der Waals surface area contributed by atoms with E-state index in [-0.39, 0.29) is 5.60 Å². The van der Waals surface area contributed by atoms with Crippen molar-refractivity contribution < 1.29 is 9.47 Å². The Morgan fingerprint density at radius 3 is 3.06 bits per heavy atom. The van der Waals surface area contributed by atoms with Crippen LogP contribution in [0.3, 0.4) is 0 Å². The summed E-state index contributed by atoms with van der Waals surface area (Å²) in [7, 11) is 2.04. The highest BCUT2D eigenvalue weighted by atomic mass is 16.6. The number of rotatable bonds is 4. The van der Waals surface area contributed by atoms with Gasteiger partial charge in [-0.05, 0) is 32.2 Å². The standard InChI is InChI=1S/C13H23NO2/c1-3-4-12(14-2)11-5-7-16-13(9-11)6-8-15-10-13/h3,11-12,14H,1,4-10H2,2H3. The average Bonchev–Trinajstić information content (AvgIpc) is 2.74. The van der Waals surface area contributed by atoms with Crippen molar-refractivity contribution >= 4 is 0 Å². The van der Waals surface area contributed by atoms with Crippen molar-refractivity contribution in [1.29, 1.82) is 0 Å². The van der Waals surface area contributed by atoms with Crippen LogP contribution in [0.15, 0.2) is 12.7 Å². The Morgan fingerprint density at radius 1 is 1.56 bits per heavy atom. The molecule has 0 amide bonds. The minimum atomic E-state index is 0.0270. The lowest BCUT2D eigenvalue weighted by Crippen LogP contribution is -2.46. The summed E-state index contributed by atoms with van der Waals surface area (Å²) in [5.41, 5.74) is 0.0270. The zero-order chi connectivity index (χ0) is 11.4. The van der Waals surface area contributed by atoms with Gasteiger partial charge in [0.15, 0.2) is 0 Å². The van der Waals surface area contributed by atoms with Crippen molar-refractivity contribution in [3.8, 4) is 0 Å². The first-order chi connectivity index (χ1) is 7.79. The molecule has 16 heavy (non-hydrogen) atoms. The third kappa shape index (κ3) is 2.47. The molecule has 2 fully saturated rings. The van der Waals surface area contributed by atoms with E-state index in [1.165, 1.54) is 0 Å². The Kier molecular flexibility index (Phi) is 4.00. The molecular weight excluding hydrogens is 202 g/mol. The smallest absolute Gasteiger partial charge is 0.0939 e. The van der Waals surface area contributed by atoms with Gasteiger partial charge in [0, 0.05) is 25.7 Å². The molecule has 3 nitrogen and oxygen atoms in total. The molecule has 0 aromatic rings. The largest absolute Gasteiger partial charge is 0.378 e. The summed E-state index contributed by atoms with van der Waals surface area (Å²) in [5, 5.41) is 3.41. The van der Waals surface area contributed by atoms with E-state index in [1.807, 2.05) is 13.1 Å². The Morgan fingerprint density at radius 2 is 2.44 bits per heavy atom. The van der Waals surface area contributed by atoms with E-state index in [1.54, 1.807) is 0 Å². The Labute approximate surface area is 98.2 Å². The van der Waals surface area contributed by atoms with Crippen LogP contribution in [0.4, 0.5) is 0 Å². The summed E-state index contributed by atoms with van der Waals surface area (Å²) in [6.07, 6.45) is 6.40. The highest BCUT2D eigenvalue weighted by Gasteiger charge is 2.42. The van der Waals surface area contributed by atoms with E-state index in [0.717, 1.165) is 45.5 Å². The minimum Gasteiger partial charge on any atom is -0.378 e. The van der Waals surface area contributed by atoms with Gasteiger partial charge in [-0.3, -0.25) is 0 Å². The van der Waals surface area contributed by atoms with Gasteiger partial charge < -0.3 is 14.8 Å². The van der Waals surface area contributed by atoms with Crippen LogP contribution in [0.1, 0.15) is 25.7 Å². The van der Waals surface area contributed by atoms with Gasteiger partial charge in [0.25, 0.3) is 0 Å². The number of ether oxygens (including phenoxy) is 2. The molecule has 0 aromatic heterocycles. The summed E-state index contributed by atoms with van der Waals surface area (Å²) in [6, 6.07) is 0.541. The highest BCUT2D eigenvalue weighted by molar-refractivity contribution is 4.94. The van der Waals surface area contributed by atoms with Gasteiger partial charge in [0.05, 0.1) is 12.2 Å². The van der Waals surface area contributed by atoms with Crippen LogP contribution in [-0.2, 0) is 9.47 Å². The Balaban J connectivity index is 1.97. The van der Waals surface area contributed by atoms with Crippen molar-refractivity contribution in [2.45, 2.75) is 37.3 Å². The van der Waals surface area contributed by atoms with E-state index in [0.29, 0.717) is 12.0 Å². The summed E-state index contributed by atoms with van der Waals surface area (Å²) in [4.78, 5) is 0. The van der Waals surface area contributed by atoms with E-state index >= 15 is 0 Å². The van der Waals surface area contributed by atoms with Crippen molar-refractivity contribution in [1.82, 2.24) is 5.32 Å². The zero-order valence-electron chi connectivity index (χ0n) is 10.2. The lowest BCUT2D eigenvalue weighted by Gasteiger charge is -2.40. The van der Waals surface area contributed by atoms with Crippen LogP contribution in [0, 0.1) is 5.92 Å². The Hall–Kier alpha value is -0.380. The maximum absolute atomic E-state index is 5.95. The molecule has 3 atom stereocenters. The molecule has 0 bridgehead atoms. The molecule has 0 aromatic carbocycles. The van der Waals surface area contributed by atoms with Gasteiger partial charge >= 0.3 is 0 Å². The maximum atomic E-state index is 5.95. The fraction of sp³-hybridized carbons (Fsp3) is 0.846. The van der Waals surface area contributed by atoms with Crippen LogP contribution in [0.5, 0.6) is 0 Å². The zero-order valence-corrected chi connectivity index (χ0v) is 10.2. The summed E-state index contributed by atoms with van der Waals surface area (Å²) in [6.45, 7) is 6.36. The van der Waals surface area contributed by atoms with Gasteiger partial charge in [-0.1, -0.05) is 6.08 Å². The van der Waals surface area contributed by atoms with Crippen molar-refractivity contribution in [3.63, 3.8) is 0 Å². The van der Waals surface area contributed by atoms with Crippen LogP contribution in [-0.4, -0.2) is 38.5 Å². The topological polar surface area (TPSA) is 30.5 Å². The molecule has 0 aliphatic carbocycles. The summed E-state index contributed by atoms with van der Waals surface area (Å²) < 4.78 is 11.4. The second-order valence-corrected chi connectivity index (χ2v) is 5.01. The van der Waals surface area contributed by atoms with E-state index < -0.39 is 0 Å². The fourth-order valence-corrected chi connectivity index (χ4v) is 3.00. The van der Waals surface area contributed by atoms with Crippen LogP contribution >= 0.6 is 0 Å². The lowest BCUT2D eigenvalue weighted by atomic mass is 9.80. The predicted octanol–water partition coefficient (Wildman–Crippen LogP) is 1.74. The first kappa shape index (κ1) is 12.1. The molecule has 2 rings (SSSR count). The van der Waals surface area contributed by atoms with E-state index in [4.69, 9.17) is 9.47 Å². The van der Waals surface area contributed by atoms with Gasteiger partial charge in [-0.15, -0.1) is 6.58 Å². The average molecular weight is 225 g/mol. The monoisotopic (exact) mass is 225 g/mol. The third-order valence-electron chi connectivity index (χ3n) is 3.96. The van der Waals surface area contributed by atoms with Crippen molar-refractivity contribution in [3.05, 3.63) is 12.7 Å².